The van der Waals surface area contributed by atoms with E-state index >= 15 is 0 Å². The number of methoxy groups -OCH3 is 2. The zero-order valence-corrected chi connectivity index (χ0v) is 22.5. The number of carbonyl (C=O) groups excluding carboxylic acids is 3. The number of benzene rings is 1. The van der Waals surface area contributed by atoms with Gasteiger partial charge in [0.2, 0.25) is 5.91 Å². The van der Waals surface area contributed by atoms with E-state index in [1.165, 1.54) is 31.5 Å². The van der Waals surface area contributed by atoms with Crippen molar-refractivity contribution >= 4 is 57.7 Å². The highest BCUT2D eigenvalue weighted by Gasteiger charge is 2.27. The first-order valence-corrected chi connectivity index (χ1v) is 13.4. The molecule has 2 heterocycles. The molecule has 0 spiro atoms. The largest absolute Gasteiger partial charge is 0.465 e. The number of aromatic nitrogens is 3. The van der Waals surface area contributed by atoms with E-state index in [0.29, 0.717) is 23.0 Å². The van der Waals surface area contributed by atoms with Gasteiger partial charge in [0, 0.05) is 11.4 Å². The number of hydrogen-bond acceptors (Lipinski definition) is 10. The Kier molecular flexibility index (Phi) is 9.35. The number of nitrogens with zero attached hydrogens (tertiary/aromatic N) is 3. The zero-order valence-electron chi connectivity index (χ0n) is 20.0. The monoisotopic (exact) mass is 534 g/mol. The average molecular weight is 535 g/mol. The maximum absolute atomic E-state index is 12.7. The highest BCUT2D eigenvalue weighted by atomic mass is 32.2. The number of amides is 1. The van der Waals surface area contributed by atoms with Gasteiger partial charge in [-0.05, 0) is 38.5 Å². The Hall–Kier alpha value is -2.83. The molecule has 186 valence electrons. The van der Waals surface area contributed by atoms with Gasteiger partial charge in [-0.2, -0.15) is 0 Å². The third-order valence-electron chi connectivity index (χ3n) is 4.99. The van der Waals surface area contributed by atoms with Gasteiger partial charge in [-0.3, -0.25) is 4.79 Å². The molecule has 0 aliphatic rings. The summed E-state index contributed by atoms with van der Waals surface area (Å²) in [4.78, 5) is 38.4. The van der Waals surface area contributed by atoms with Crippen LogP contribution in [0.5, 0.6) is 0 Å². The lowest BCUT2D eigenvalue weighted by molar-refractivity contribution is -0.113. The molecule has 0 unspecified atom stereocenters. The molecule has 3 aromatic rings. The molecule has 1 aromatic carbocycles. The Bertz CT molecular complexity index is 1220. The minimum Gasteiger partial charge on any atom is -0.465 e. The maximum Gasteiger partial charge on any atom is 0.348 e. The fourth-order valence-electron chi connectivity index (χ4n) is 3.16. The Balaban J connectivity index is 1.67. The van der Waals surface area contributed by atoms with Gasteiger partial charge < -0.3 is 19.4 Å². The summed E-state index contributed by atoms with van der Waals surface area (Å²) in [7, 11) is 2.50. The molecule has 1 N–H and O–H groups in total. The van der Waals surface area contributed by atoms with E-state index in [1.807, 2.05) is 11.5 Å². The minimum absolute atomic E-state index is 0.0500. The lowest BCUT2D eigenvalue weighted by Gasteiger charge is -2.08. The number of ether oxygens (including phenoxy) is 2. The first kappa shape index (κ1) is 26.8. The van der Waals surface area contributed by atoms with E-state index < -0.39 is 11.9 Å². The Morgan fingerprint density at radius 1 is 1.03 bits per heavy atom. The van der Waals surface area contributed by atoms with Crippen molar-refractivity contribution in [2.75, 3.05) is 25.3 Å². The number of rotatable bonds is 10. The van der Waals surface area contributed by atoms with Crippen LogP contribution in [-0.4, -0.2) is 52.6 Å². The van der Waals surface area contributed by atoms with Gasteiger partial charge in [-0.15, -0.1) is 33.3 Å². The number of hydrogen-bond donors (Lipinski definition) is 1. The van der Waals surface area contributed by atoms with Crippen LogP contribution in [-0.2, 0) is 26.6 Å². The van der Waals surface area contributed by atoms with Gasteiger partial charge in [0.1, 0.15) is 15.7 Å². The van der Waals surface area contributed by atoms with Gasteiger partial charge in [-0.1, -0.05) is 29.5 Å². The van der Waals surface area contributed by atoms with Crippen molar-refractivity contribution in [3.63, 3.8) is 0 Å². The first-order chi connectivity index (χ1) is 16.8. The molecule has 0 saturated heterocycles. The highest BCUT2D eigenvalue weighted by Crippen LogP contribution is 2.34. The summed E-state index contributed by atoms with van der Waals surface area (Å²) in [6, 6.07) is 8.30. The van der Waals surface area contributed by atoms with Crippen molar-refractivity contribution in [1.82, 2.24) is 14.8 Å². The van der Waals surface area contributed by atoms with Crippen LogP contribution in [0.2, 0.25) is 0 Å². The van der Waals surface area contributed by atoms with Crippen molar-refractivity contribution in [3.8, 4) is 0 Å². The molecule has 12 heteroatoms. The van der Waals surface area contributed by atoms with Gasteiger partial charge in [-0.25, -0.2) is 9.59 Å². The Morgan fingerprint density at radius 3 is 2.34 bits per heavy atom. The van der Waals surface area contributed by atoms with Crippen LogP contribution in [0.25, 0.3) is 0 Å². The van der Waals surface area contributed by atoms with E-state index in [-0.39, 0.29) is 27.1 Å². The van der Waals surface area contributed by atoms with Crippen LogP contribution in [0.3, 0.4) is 0 Å². The van der Waals surface area contributed by atoms with Crippen LogP contribution < -0.4 is 5.32 Å². The molecular weight excluding hydrogens is 508 g/mol. The molecule has 0 aliphatic heterocycles. The zero-order chi connectivity index (χ0) is 25.5. The number of thioether (sulfide) groups is 2. The molecule has 1 amide bonds. The summed E-state index contributed by atoms with van der Waals surface area (Å²) in [5, 5.41) is 12.2. The van der Waals surface area contributed by atoms with Gasteiger partial charge in [0.25, 0.3) is 0 Å². The van der Waals surface area contributed by atoms with Crippen LogP contribution in [0.15, 0.2) is 34.3 Å². The Labute approximate surface area is 216 Å². The van der Waals surface area contributed by atoms with Crippen LogP contribution >= 0.6 is 34.9 Å². The smallest absolute Gasteiger partial charge is 0.348 e. The van der Waals surface area contributed by atoms with Crippen molar-refractivity contribution in [2.45, 2.75) is 43.1 Å². The second-order valence-electron chi connectivity index (χ2n) is 7.33. The summed E-state index contributed by atoms with van der Waals surface area (Å²) in [5.41, 5.74) is 1.75. The summed E-state index contributed by atoms with van der Waals surface area (Å²) >= 11 is 3.90. The maximum atomic E-state index is 12.7. The summed E-state index contributed by atoms with van der Waals surface area (Å²) in [5.74, 6) is -0.0410. The summed E-state index contributed by atoms with van der Waals surface area (Å²) in [6.45, 7) is 6.33. The van der Waals surface area contributed by atoms with E-state index in [9.17, 15) is 14.4 Å². The number of nitrogens with one attached hydrogen (secondary N) is 1. The SMILES string of the molecule is CCn1c(CSc2ccc(C)cc2)nnc1SCC(=O)Nc1sc(C(=O)OC)c(C)c1C(=O)OC. The quantitative estimate of drug-likeness (QED) is 0.295. The lowest BCUT2D eigenvalue weighted by Crippen LogP contribution is -2.16. The minimum atomic E-state index is -0.640. The molecule has 0 bridgehead atoms. The van der Waals surface area contributed by atoms with Gasteiger partial charge in [0.15, 0.2) is 5.16 Å². The molecule has 0 saturated carbocycles. The predicted octanol–water partition coefficient (Wildman–Crippen LogP) is 4.57. The summed E-state index contributed by atoms with van der Waals surface area (Å²) < 4.78 is 11.6. The Morgan fingerprint density at radius 2 is 1.71 bits per heavy atom. The van der Waals surface area contributed by atoms with Crippen LogP contribution in [0.1, 0.15) is 43.9 Å². The van der Waals surface area contributed by atoms with Gasteiger partial charge >= 0.3 is 11.9 Å². The van der Waals surface area contributed by atoms with E-state index in [0.717, 1.165) is 22.1 Å². The van der Waals surface area contributed by atoms with Gasteiger partial charge in [0.05, 0.1) is 31.3 Å². The molecule has 35 heavy (non-hydrogen) atoms. The van der Waals surface area contributed by atoms with Crippen LogP contribution in [0, 0.1) is 13.8 Å². The van der Waals surface area contributed by atoms with E-state index in [2.05, 4.69) is 46.7 Å². The van der Waals surface area contributed by atoms with Crippen LogP contribution in [0.4, 0.5) is 5.00 Å². The average Bonchev–Trinajstić information content (AvgIpc) is 3.41. The standard InChI is InChI=1S/C23H26N4O5S3/c1-6-27-16(11-33-15-9-7-13(2)8-10-15)25-26-23(27)34-12-17(28)24-20-18(21(29)31-4)14(3)19(35-20)22(30)32-5/h7-10H,6,11-12H2,1-5H3,(H,24,28). The molecule has 0 atom stereocenters. The molecule has 0 radical (unpaired) electrons. The number of carbonyl (C=O) groups is 3. The van der Waals surface area contributed by atoms with Crippen molar-refractivity contribution in [1.29, 1.82) is 0 Å². The predicted molar refractivity (Wildman–Crippen MR) is 138 cm³/mol. The van der Waals surface area contributed by atoms with Crippen molar-refractivity contribution in [3.05, 3.63) is 51.7 Å². The lowest BCUT2D eigenvalue weighted by atomic mass is 10.1. The third-order valence-corrected chi connectivity index (χ3v) is 8.15. The number of aryl methyl sites for hydroxylation is 1. The number of esters is 2. The second kappa shape index (κ2) is 12.2. The second-order valence-corrected chi connectivity index (χ2v) is 10.3. The molecular formula is C23H26N4O5S3. The number of anilines is 1. The first-order valence-electron chi connectivity index (χ1n) is 10.6. The molecule has 3 rings (SSSR count). The van der Waals surface area contributed by atoms with E-state index in [4.69, 9.17) is 9.47 Å². The third kappa shape index (κ3) is 6.44. The highest BCUT2D eigenvalue weighted by molar-refractivity contribution is 7.99. The fraction of sp³-hybridized carbons (Fsp3) is 0.348. The normalized spacial score (nSPS) is 10.8. The van der Waals surface area contributed by atoms with Crippen molar-refractivity contribution in [2.24, 2.45) is 0 Å². The topological polar surface area (TPSA) is 112 Å². The number of thiophene rings is 1. The molecule has 0 aliphatic carbocycles. The molecule has 0 fully saturated rings. The summed E-state index contributed by atoms with van der Waals surface area (Å²) in [6.07, 6.45) is 0. The van der Waals surface area contributed by atoms with E-state index in [1.54, 1.807) is 18.7 Å². The van der Waals surface area contributed by atoms with Crippen molar-refractivity contribution < 1.29 is 23.9 Å². The molecule has 9 nitrogen and oxygen atoms in total. The fourth-order valence-corrected chi connectivity index (χ4v) is 5.95. The molecule has 2 aromatic heterocycles.